The number of halogens is 1. The number of hydrogen-bond acceptors (Lipinski definition) is 5. The summed E-state index contributed by atoms with van der Waals surface area (Å²) in [5, 5.41) is 12.5. The first-order valence-corrected chi connectivity index (χ1v) is 12.1. The molecule has 1 amide bonds. The van der Waals surface area contributed by atoms with E-state index in [0.717, 1.165) is 22.5 Å². The third-order valence-electron chi connectivity index (χ3n) is 5.54. The molecule has 0 fully saturated rings. The van der Waals surface area contributed by atoms with E-state index in [1.165, 1.54) is 23.9 Å². The topological polar surface area (TPSA) is 72.9 Å². The number of furan rings is 1. The highest BCUT2D eigenvalue weighted by Crippen LogP contribution is 2.28. The fourth-order valence-electron chi connectivity index (χ4n) is 3.77. The number of carbonyl (C=O) groups is 1. The number of benzene rings is 2. The van der Waals surface area contributed by atoms with Crippen LogP contribution in [0.2, 0.25) is 0 Å². The number of rotatable bonds is 9. The molecule has 0 aliphatic heterocycles. The van der Waals surface area contributed by atoms with Crippen molar-refractivity contribution >= 4 is 17.7 Å². The first-order valence-electron chi connectivity index (χ1n) is 11.1. The number of aryl methyl sites for hydroxylation is 1. The molecule has 0 spiro atoms. The second kappa shape index (κ2) is 10.7. The lowest BCUT2D eigenvalue weighted by Gasteiger charge is -2.23. The van der Waals surface area contributed by atoms with Crippen LogP contribution in [0.25, 0.3) is 11.4 Å². The molecular formula is C26H27FN4O2S. The molecule has 0 saturated heterocycles. The van der Waals surface area contributed by atoms with Gasteiger partial charge in [0.1, 0.15) is 11.6 Å². The second-order valence-corrected chi connectivity index (χ2v) is 9.34. The van der Waals surface area contributed by atoms with Crippen LogP contribution in [0.15, 0.2) is 76.5 Å². The fourth-order valence-corrected chi connectivity index (χ4v) is 4.52. The van der Waals surface area contributed by atoms with E-state index < -0.39 is 0 Å². The Morgan fingerprint density at radius 2 is 1.82 bits per heavy atom. The van der Waals surface area contributed by atoms with Gasteiger partial charge in [0.25, 0.3) is 0 Å². The van der Waals surface area contributed by atoms with Crippen molar-refractivity contribution in [1.82, 2.24) is 20.1 Å². The van der Waals surface area contributed by atoms with Crippen LogP contribution in [0.1, 0.15) is 36.8 Å². The van der Waals surface area contributed by atoms with Gasteiger partial charge in [-0.05, 0) is 42.2 Å². The van der Waals surface area contributed by atoms with Gasteiger partial charge in [-0.2, -0.15) is 0 Å². The number of aromatic nitrogens is 3. The predicted molar refractivity (Wildman–Crippen MR) is 131 cm³/mol. The summed E-state index contributed by atoms with van der Waals surface area (Å²) in [5.74, 6) is 1.37. The molecule has 1 atom stereocenters. The van der Waals surface area contributed by atoms with Crippen molar-refractivity contribution in [3.63, 3.8) is 0 Å². The van der Waals surface area contributed by atoms with Gasteiger partial charge >= 0.3 is 0 Å². The number of thioether (sulfide) groups is 1. The van der Waals surface area contributed by atoms with E-state index in [0.29, 0.717) is 17.5 Å². The smallest absolute Gasteiger partial charge is 0.230 e. The van der Waals surface area contributed by atoms with E-state index >= 15 is 0 Å². The van der Waals surface area contributed by atoms with Crippen LogP contribution in [-0.4, -0.2) is 26.4 Å². The lowest BCUT2D eigenvalue weighted by molar-refractivity contribution is -0.119. The lowest BCUT2D eigenvalue weighted by Crippen LogP contribution is -2.33. The van der Waals surface area contributed by atoms with E-state index in [1.807, 2.05) is 61.7 Å². The molecule has 4 rings (SSSR count). The average molecular weight is 479 g/mol. The quantitative estimate of drug-likeness (QED) is 0.315. The normalized spacial score (nSPS) is 12.1. The van der Waals surface area contributed by atoms with Gasteiger partial charge < -0.3 is 9.73 Å². The maximum absolute atomic E-state index is 13.3. The van der Waals surface area contributed by atoms with Crippen molar-refractivity contribution in [3.8, 4) is 11.4 Å². The number of nitrogens with zero attached hydrogens (tertiary/aromatic N) is 3. The zero-order valence-electron chi connectivity index (χ0n) is 19.4. The molecule has 8 heteroatoms. The Hall–Kier alpha value is -3.39. The van der Waals surface area contributed by atoms with Gasteiger partial charge in [-0.25, -0.2) is 4.39 Å². The molecular weight excluding hydrogens is 451 g/mol. The highest BCUT2D eigenvalue weighted by molar-refractivity contribution is 7.99. The monoisotopic (exact) mass is 478 g/mol. The van der Waals surface area contributed by atoms with E-state index in [1.54, 1.807) is 18.4 Å². The van der Waals surface area contributed by atoms with Gasteiger partial charge in [0.05, 0.1) is 30.2 Å². The van der Waals surface area contributed by atoms with Gasteiger partial charge in [-0.3, -0.25) is 9.36 Å². The van der Waals surface area contributed by atoms with Crippen LogP contribution in [0.4, 0.5) is 4.39 Å². The highest BCUT2D eigenvalue weighted by Gasteiger charge is 2.21. The average Bonchev–Trinajstić information content (AvgIpc) is 3.42. The molecule has 0 saturated carbocycles. The molecule has 176 valence electrons. The molecule has 1 N–H and O–H groups in total. The van der Waals surface area contributed by atoms with Crippen LogP contribution in [-0.2, 0) is 11.3 Å². The summed E-state index contributed by atoms with van der Waals surface area (Å²) in [6.07, 6.45) is 1.63. The maximum Gasteiger partial charge on any atom is 0.230 e. The Balaban J connectivity index is 1.51. The van der Waals surface area contributed by atoms with Crippen LogP contribution in [0.3, 0.4) is 0 Å². The van der Waals surface area contributed by atoms with Crippen molar-refractivity contribution in [2.75, 3.05) is 5.75 Å². The largest absolute Gasteiger partial charge is 0.469 e. The zero-order valence-corrected chi connectivity index (χ0v) is 20.2. The van der Waals surface area contributed by atoms with Crippen LogP contribution in [0.5, 0.6) is 0 Å². The predicted octanol–water partition coefficient (Wildman–Crippen LogP) is 5.64. The molecule has 2 aromatic heterocycles. The molecule has 4 aromatic rings. The third-order valence-corrected chi connectivity index (χ3v) is 6.51. The molecule has 1 unspecified atom stereocenters. The van der Waals surface area contributed by atoms with E-state index in [-0.39, 0.29) is 29.4 Å². The standard InChI is InChI=1S/C26H27FN4O2S/c1-17(2)24(20-9-11-21(27)12-10-20)28-23(32)16-34-26-30-29-25(22-13-14-33-18(22)3)31(26)15-19-7-5-4-6-8-19/h4-14,17,24H,15-16H2,1-3H3,(H,28,32). The molecule has 34 heavy (non-hydrogen) atoms. The van der Waals surface area contributed by atoms with Crippen molar-refractivity contribution in [2.45, 2.75) is 38.5 Å². The molecule has 0 aliphatic rings. The minimum atomic E-state index is -0.297. The van der Waals surface area contributed by atoms with Gasteiger partial charge in [0, 0.05) is 0 Å². The maximum atomic E-state index is 13.3. The highest BCUT2D eigenvalue weighted by atomic mass is 32.2. The minimum absolute atomic E-state index is 0.122. The number of hydrogen-bond donors (Lipinski definition) is 1. The van der Waals surface area contributed by atoms with Crippen LogP contribution < -0.4 is 5.32 Å². The molecule has 0 aliphatic carbocycles. The Morgan fingerprint density at radius 1 is 1.09 bits per heavy atom. The molecule has 2 aromatic carbocycles. The summed E-state index contributed by atoms with van der Waals surface area (Å²) in [6, 6.07) is 18.0. The van der Waals surface area contributed by atoms with E-state index in [2.05, 4.69) is 15.5 Å². The van der Waals surface area contributed by atoms with Gasteiger partial charge in [0.2, 0.25) is 5.91 Å². The Morgan fingerprint density at radius 3 is 2.47 bits per heavy atom. The zero-order chi connectivity index (χ0) is 24.1. The minimum Gasteiger partial charge on any atom is -0.469 e. The summed E-state index contributed by atoms with van der Waals surface area (Å²) >= 11 is 1.34. The Kier molecular flexibility index (Phi) is 7.47. The number of amides is 1. The number of carbonyl (C=O) groups excluding carboxylic acids is 1. The Labute approximate surface area is 202 Å². The summed E-state index contributed by atoms with van der Waals surface area (Å²) in [5.41, 5.74) is 2.85. The summed E-state index contributed by atoms with van der Waals surface area (Å²) in [7, 11) is 0. The van der Waals surface area contributed by atoms with E-state index in [4.69, 9.17) is 4.42 Å². The van der Waals surface area contributed by atoms with Crippen molar-refractivity contribution in [3.05, 3.63) is 89.6 Å². The second-order valence-electron chi connectivity index (χ2n) is 8.40. The fraction of sp³-hybridized carbons (Fsp3) is 0.269. The van der Waals surface area contributed by atoms with Crippen molar-refractivity contribution < 1.29 is 13.6 Å². The van der Waals surface area contributed by atoms with Crippen molar-refractivity contribution in [1.29, 1.82) is 0 Å². The molecule has 0 radical (unpaired) electrons. The van der Waals surface area contributed by atoms with Crippen LogP contribution in [0, 0.1) is 18.7 Å². The summed E-state index contributed by atoms with van der Waals surface area (Å²) in [4.78, 5) is 12.9. The third kappa shape index (κ3) is 5.56. The van der Waals surface area contributed by atoms with Gasteiger partial charge in [-0.15, -0.1) is 10.2 Å². The SMILES string of the molecule is Cc1occc1-c1nnc(SCC(=O)NC(c2ccc(F)cc2)C(C)C)n1Cc1ccccc1. The summed E-state index contributed by atoms with van der Waals surface area (Å²) in [6.45, 7) is 6.51. The van der Waals surface area contributed by atoms with Crippen molar-refractivity contribution in [2.24, 2.45) is 5.92 Å². The molecule has 0 bridgehead atoms. The van der Waals surface area contributed by atoms with Crippen LogP contribution >= 0.6 is 11.8 Å². The first kappa shape index (κ1) is 23.8. The number of nitrogens with one attached hydrogen (secondary N) is 1. The molecule has 6 nitrogen and oxygen atoms in total. The lowest BCUT2D eigenvalue weighted by atomic mass is 9.96. The molecule has 2 heterocycles. The summed E-state index contributed by atoms with van der Waals surface area (Å²) < 4.78 is 20.8. The first-order chi connectivity index (χ1) is 16.4. The van der Waals surface area contributed by atoms with E-state index in [9.17, 15) is 9.18 Å². The van der Waals surface area contributed by atoms with Gasteiger partial charge in [-0.1, -0.05) is 68.1 Å². The van der Waals surface area contributed by atoms with Gasteiger partial charge in [0.15, 0.2) is 11.0 Å². The Bertz CT molecular complexity index is 1240.